The minimum atomic E-state index is 0.260. The maximum Gasteiger partial charge on any atom is 0.183 e. The molecule has 1 aliphatic carbocycles. The first-order chi connectivity index (χ1) is 12.7. The van der Waals surface area contributed by atoms with Crippen molar-refractivity contribution in [2.24, 2.45) is 0 Å². The number of aromatic nitrogens is 5. The molecule has 1 saturated carbocycles. The molecule has 3 aromatic rings. The number of aryl methyl sites for hydroxylation is 1. The maximum absolute atomic E-state index is 4.84. The van der Waals surface area contributed by atoms with Crippen LogP contribution in [0.15, 0.2) is 24.4 Å². The Morgan fingerprint density at radius 2 is 2.08 bits per heavy atom. The van der Waals surface area contributed by atoms with Crippen molar-refractivity contribution in [1.82, 2.24) is 30.7 Å². The van der Waals surface area contributed by atoms with Gasteiger partial charge < -0.3 is 10.2 Å². The van der Waals surface area contributed by atoms with Crippen molar-refractivity contribution in [1.29, 1.82) is 0 Å². The van der Waals surface area contributed by atoms with Crippen LogP contribution >= 0.6 is 0 Å². The second-order valence-corrected chi connectivity index (χ2v) is 7.55. The van der Waals surface area contributed by atoms with Crippen LogP contribution in [0, 0.1) is 6.92 Å². The summed E-state index contributed by atoms with van der Waals surface area (Å²) in [6.45, 7) is 4.99. The Bertz CT molecular complexity index is 942. The highest BCUT2D eigenvalue weighted by atomic mass is 15.3. The molecule has 3 heterocycles. The van der Waals surface area contributed by atoms with Crippen molar-refractivity contribution < 1.29 is 0 Å². The minimum Gasteiger partial charge on any atom is -0.352 e. The molecule has 1 aliphatic heterocycles. The molecule has 0 unspecified atom stereocenters. The number of benzene rings is 1. The average Bonchev–Trinajstić information content (AvgIpc) is 3.29. The van der Waals surface area contributed by atoms with Gasteiger partial charge in [0.15, 0.2) is 11.6 Å². The summed E-state index contributed by atoms with van der Waals surface area (Å²) in [6, 6.07) is 6.10. The topological polar surface area (TPSA) is 82.6 Å². The Morgan fingerprint density at radius 3 is 2.96 bits per heavy atom. The lowest BCUT2D eigenvalue weighted by Crippen LogP contribution is -2.59. The normalized spacial score (nSPS) is 19.5. The zero-order chi connectivity index (χ0) is 17.6. The van der Waals surface area contributed by atoms with Gasteiger partial charge in [-0.3, -0.25) is 5.10 Å². The van der Waals surface area contributed by atoms with Gasteiger partial charge in [-0.25, -0.2) is 4.98 Å². The highest BCUT2D eigenvalue weighted by molar-refractivity contribution is 5.85. The molecule has 0 amide bonds. The molecule has 2 aromatic heterocycles. The fourth-order valence-electron chi connectivity index (χ4n) is 4.39. The van der Waals surface area contributed by atoms with Crippen LogP contribution in [-0.4, -0.2) is 50.6 Å². The first kappa shape index (κ1) is 15.7. The van der Waals surface area contributed by atoms with E-state index >= 15 is 0 Å². The van der Waals surface area contributed by atoms with E-state index in [1.165, 1.54) is 25.7 Å². The first-order valence-corrected chi connectivity index (χ1v) is 9.37. The van der Waals surface area contributed by atoms with Gasteiger partial charge in [-0.2, -0.15) is 10.2 Å². The summed E-state index contributed by atoms with van der Waals surface area (Å²) >= 11 is 0. The molecule has 2 aliphatic rings. The number of rotatable bonds is 2. The molecule has 26 heavy (non-hydrogen) atoms. The van der Waals surface area contributed by atoms with Crippen LogP contribution < -0.4 is 10.2 Å². The van der Waals surface area contributed by atoms with Crippen molar-refractivity contribution in [2.75, 3.05) is 24.5 Å². The van der Waals surface area contributed by atoms with Gasteiger partial charge in [-0.05, 0) is 38.0 Å². The Balaban J connectivity index is 1.47. The molecule has 0 atom stereocenters. The quantitative estimate of drug-likeness (QED) is 0.739. The Hall–Kier alpha value is -2.54. The summed E-state index contributed by atoms with van der Waals surface area (Å²) in [7, 11) is 0. The predicted molar refractivity (Wildman–Crippen MR) is 101 cm³/mol. The fraction of sp³-hybridized carbons (Fsp3) is 0.474. The summed E-state index contributed by atoms with van der Waals surface area (Å²) < 4.78 is 0. The van der Waals surface area contributed by atoms with Crippen LogP contribution in [0.1, 0.15) is 31.4 Å². The van der Waals surface area contributed by atoms with E-state index in [4.69, 9.17) is 4.98 Å². The van der Waals surface area contributed by atoms with Gasteiger partial charge >= 0.3 is 0 Å². The Labute approximate surface area is 152 Å². The summed E-state index contributed by atoms with van der Waals surface area (Å²) in [5, 5.41) is 20.7. The van der Waals surface area contributed by atoms with E-state index in [-0.39, 0.29) is 5.54 Å². The lowest BCUT2D eigenvalue weighted by molar-refractivity contribution is 0.303. The number of nitrogens with one attached hydrogen (secondary N) is 2. The number of aromatic amines is 1. The van der Waals surface area contributed by atoms with Crippen molar-refractivity contribution in [3.63, 3.8) is 0 Å². The molecule has 0 radical (unpaired) electrons. The van der Waals surface area contributed by atoms with E-state index in [0.29, 0.717) is 5.82 Å². The number of fused-ring (bicyclic) bond motifs is 1. The largest absolute Gasteiger partial charge is 0.352 e. The number of nitrogens with zero attached hydrogens (tertiary/aromatic N) is 5. The Kier molecular flexibility index (Phi) is 3.63. The van der Waals surface area contributed by atoms with Gasteiger partial charge in [-0.1, -0.05) is 12.8 Å². The number of piperazine rings is 1. The van der Waals surface area contributed by atoms with Crippen LogP contribution in [0.5, 0.6) is 0 Å². The van der Waals surface area contributed by atoms with Crippen LogP contribution in [0.25, 0.3) is 22.3 Å². The third-order valence-corrected chi connectivity index (χ3v) is 5.81. The lowest BCUT2D eigenvalue weighted by Gasteiger charge is -2.42. The van der Waals surface area contributed by atoms with Crippen LogP contribution in [0.4, 0.5) is 5.82 Å². The van der Waals surface area contributed by atoms with Crippen molar-refractivity contribution in [3.8, 4) is 11.4 Å². The molecule has 5 rings (SSSR count). The van der Waals surface area contributed by atoms with Crippen molar-refractivity contribution in [2.45, 2.75) is 38.1 Å². The van der Waals surface area contributed by atoms with Gasteiger partial charge in [0.2, 0.25) is 0 Å². The molecular formula is C19H23N7. The molecule has 7 heteroatoms. The molecule has 1 spiro atoms. The molecule has 1 aromatic carbocycles. The van der Waals surface area contributed by atoms with E-state index < -0.39 is 0 Å². The summed E-state index contributed by atoms with van der Waals surface area (Å²) in [5.74, 6) is 1.59. The Morgan fingerprint density at radius 1 is 1.19 bits per heavy atom. The number of H-pyrrole nitrogens is 1. The summed E-state index contributed by atoms with van der Waals surface area (Å²) in [6.07, 6.45) is 6.94. The van der Waals surface area contributed by atoms with E-state index in [1.807, 2.05) is 19.1 Å². The SMILES string of the molecule is Cc1[nH]nc2ccc(-c3nncc(N4CCNC5(CCCC5)C4)n3)cc12. The van der Waals surface area contributed by atoms with Crippen LogP contribution in [-0.2, 0) is 0 Å². The first-order valence-electron chi connectivity index (χ1n) is 9.37. The molecule has 2 fully saturated rings. The standard InChI is InChI=1S/C19H23N7/c1-13-15-10-14(4-5-16(15)24-23-13)18-22-17(11-21-25-18)26-9-8-20-19(12-26)6-2-3-7-19/h4-5,10-11,20H,2-3,6-9,12H2,1H3,(H,23,24). The molecule has 2 N–H and O–H groups in total. The summed E-state index contributed by atoms with van der Waals surface area (Å²) in [5.41, 5.74) is 3.25. The van der Waals surface area contributed by atoms with E-state index in [0.717, 1.165) is 47.6 Å². The van der Waals surface area contributed by atoms with Gasteiger partial charge in [0.25, 0.3) is 0 Å². The van der Waals surface area contributed by atoms with Gasteiger partial charge in [0.1, 0.15) is 0 Å². The number of hydrogen-bond donors (Lipinski definition) is 2. The molecule has 1 saturated heterocycles. The number of hydrogen-bond acceptors (Lipinski definition) is 6. The third-order valence-electron chi connectivity index (χ3n) is 5.81. The predicted octanol–water partition coefficient (Wildman–Crippen LogP) is 2.45. The highest BCUT2D eigenvalue weighted by Gasteiger charge is 2.38. The van der Waals surface area contributed by atoms with Gasteiger partial charge in [0, 0.05) is 41.8 Å². The number of anilines is 1. The molecule has 134 valence electrons. The van der Waals surface area contributed by atoms with Crippen LogP contribution in [0.3, 0.4) is 0 Å². The van der Waals surface area contributed by atoms with E-state index in [1.54, 1.807) is 6.20 Å². The maximum atomic E-state index is 4.84. The van der Waals surface area contributed by atoms with Crippen molar-refractivity contribution >= 4 is 16.7 Å². The highest BCUT2D eigenvalue weighted by Crippen LogP contribution is 2.33. The fourth-order valence-corrected chi connectivity index (χ4v) is 4.39. The zero-order valence-electron chi connectivity index (χ0n) is 15.0. The monoisotopic (exact) mass is 349 g/mol. The van der Waals surface area contributed by atoms with E-state index in [2.05, 4.69) is 36.7 Å². The average molecular weight is 349 g/mol. The molecule has 7 nitrogen and oxygen atoms in total. The molecule has 0 bridgehead atoms. The minimum absolute atomic E-state index is 0.260. The van der Waals surface area contributed by atoms with Gasteiger partial charge in [-0.15, -0.1) is 5.10 Å². The van der Waals surface area contributed by atoms with Gasteiger partial charge in [0.05, 0.1) is 11.7 Å². The van der Waals surface area contributed by atoms with Crippen LogP contribution in [0.2, 0.25) is 0 Å². The second-order valence-electron chi connectivity index (χ2n) is 7.55. The molecular weight excluding hydrogens is 326 g/mol. The summed E-state index contributed by atoms with van der Waals surface area (Å²) in [4.78, 5) is 7.20. The van der Waals surface area contributed by atoms with E-state index in [9.17, 15) is 0 Å². The third kappa shape index (κ3) is 2.63. The zero-order valence-corrected chi connectivity index (χ0v) is 15.0. The lowest BCUT2D eigenvalue weighted by atomic mass is 9.94. The van der Waals surface area contributed by atoms with Crippen molar-refractivity contribution in [3.05, 3.63) is 30.1 Å². The smallest absolute Gasteiger partial charge is 0.183 e. The second kappa shape index (κ2) is 6.02.